The van der Waals surface area contributed by atoms with Crippen molar-refractivity contribution < 1.29 is 9.90 Å². The third-order valence-electron chi connectivity index (χ3n) is 2.35. The van der Waals surface area contributed by atoms with E-state index in [-0.39, 0.29) is 5.56 Å². The Kier molecular flexibility index (Phi) is 3.75. The minimum absolute atomic E-state index is 0.212. The first-order valence-electron chi connectivity index (χ1n) is 5.29. The van der Waals surface area contributed by atoms with Gasteiger partial charge in [0.05, 0.1) is 11.3 Å². The van der Waals surface area contributed by atoms with Crippen LogP contribution in [0.3, 0.4) is 0 Å². The van der Waals surface area contributed by atoms with Crippen molar-refractivity contribution in [2.24, 2.45) is 4.99 Å². The van der Waals surface area contributed by atoms with Crippen molar-refractivity contribution >= 4 is 29.5 Å². The van der Waals surface area contributed by atoms with E-state index < -0.39 is 5.97 Å². The predicted molar refractivity (Wildman–Crippen MR) is 72.1 cm³/mol. The van der Waals surface area contributed by atoms with Gasteiger partial charge in [0, 0.05) is 16.8 Å². The number of aliphatic imine (C=N–C) groups is 1. The van der Waals surface area contributed by atoms with E-state index in [9.17, 15) is 4.79 Å². The molecule has 0 fully saturated rings. The lowest BCUT2D eigenvalue weighted by atomic mass is 10.2. The van der Waals surface area contributed by atoms with Crippen molar-refractivity contribution in [3.63, 3.8) is 0 Å². The van der Waals surface area contributed by atoms with E-state index in [0.717, 1.165) is 5.56 Å². The number of nitrogens with zero attached hydrogens (tertiary/aromatic N) is 1. The minimum Gasteiger partial charge on any atom is -0.478 e. The SMILES string of the molecule is O=C(O)c1cccc(N=Cc2ccccc2Cl)c1. The second kappa shape index (κ2) is 5.47. The summed E-state index contributed by atoms with van der Waals surface area (Å²) in [5, 5.41) is 9.47. The quantitative estimate of drug-likeness (QED) is 0.853. The normalized spacial score (nSPS) is 10.7. The fourth-order valence-corrected chi connectivity index (χ4v) is 1.63. The van der Waals surface area contributed by atoms with E-state index in [2.05, 4.69) is 4.99 Å². The highest BCUT2D eigenvalue weighted by Gasteiger charge is 2.02. The Morgan fingerprint density at radius 3 is 2.67 bits per heavy atom. The van der Waals surface area contributed by atoms with Crippen LogP contribution in [-0.2, 0) is 0 Å². The summed E-state index contributed by atoms with van der Waals surface area (Å²) in [5.41, 5.74) is 1.58. The maximum atomic E-state index is 10.8. The molecule has 90 valence electrons. The van der Waals surface area contributed by atoms with Crippen LogP contribution in [0.5, 0.6) is 0 Å². The Bertz CT molecular complexity index is 608. The molecule has 0 aromatic heterocycles. The van der Waals surface area contributed by atoms with Crippen LogP contribution in [0.4, 0.5) is 5.69 Å². The molecule has 0 bridgehead atoms. The highest BCUT2D eigenvalue weighted by molar-refractivity contribution is 6.33. The second-order valence-corrected chi connectivity index (χ2v) is 4.04. The zero-order valence-electron chi connectivity index (χ0n) is 9.38. The number of halogens is 1. The lowest BCUT2D eigenvalue weighted by Gasteiger charge is -1.98. The molecular formula is C14H10ClNO2. The Morgan fingerprint density at radius 1 is 1.17 bits per heavy atom. The van der Waals surface area contributed by atoms with Crippen LogP contribution < -0.4 is 0 Å². The molecule has 0 radical (unpaired) electrons. The Hall–Kier alpha value is -2.13. The maximum absolute atomic E-state index is 10.8. The predicted octanol–water partition coefficient (Wildman–Crippen LogP) is 3.79. The Morgan fingerprint density at radius 2 is 1.94 bits per heavy atom. The lowest BCUT2D eigenvalue weighted by molar-refractivity contribution is 0.0697. The molecule has 2 aromatic rings. The number of aromatic carboxylic acids is 1. The fourth-order valence-electron chi connectivity index (χ4n) is 1.44. The minimum atomic E-state index is -0.968. The molecule has 3 nitrogen and oxygen atoms in total. The molecule has 1 N–H and O–H groups in total. The van der Waals surface area contributed by atoms with E-state index >= 15 is 0 Å². The summed E-state index contributed by atoms with van der Waals surface area (Å²) in [6.07, 6.45) is 1.61. The number of hydrogen-bond donors (Lipinski definition) is 1. The number of carboxylic acids is 1. The van der Waals surface area contributed by atoms with E-state index in [1.165, 1.54) is 12.1 Å². The molecule has 0 aliphatic carbocycles. The molecule has 0 saturated carbocycles. The first-order chi connectivity index (χ1) is 8.66. The molecule has 0 saturated heterocycles. The van der Waals surface area contributed by atoms with Crippen LogP contribution in [0.25, 0.3) is 0 Å². The molecule has 0 heterocycles. The van der Waals surface area contributed by atoms with Crippen molar-refractivity contribution in [1.29, 1.82) is 0 Å². The van der Waals surface area contributed by atoms with Gasteiger partial charge in [0.15, 0.2) is 0 Å². The topological polar surface area (TPSA) is 49.7 Å². The summed E-state index contributed by atoms with van der Waals surface area (Å²) in [5.74, 6) is -0.968. The van der Waals surface area contributed by atoms with Gasteiger partial charge in [0.2, 0.25) is 0 Å². The Balaban J connectivity index is 2.27. The Labute approximate surface area is 109 Å². The molecular weight excluding hydrogens is 250 g/mol. The van der Waals surface area contributed by atoms with Gasteiger partial charge >= 0.3 is 5.97 Å². The van der Waals surface area contributed by atoms with Gasteiger partial charge in [-0.3, -0.25) is 4.99 Å². The summed E-state index contributed by atoms with van der Waals surface area (Å²) < 4.78 is 0. The summed E-state index contributed by atoms with van der Waals surface area (Å²) in [7, 11) is 0. The van der Waals surface area contributed by atoms with Gasteiger partial charge in [-0.15, -0.1) is 0 Å². The third kappa shape index (κ3) is 2.96. The van der Waals surface area contributed by atoms with E-state index in [1.807, 2.05) is 18.2 Å². The van der Waals surface area contributed by atoms with Crippen molar-refractivity contribution in [1.82, 2.24) is 0 Å². The largest absolute Gasteiger partial charge is 0.478 e. The summed E-state index contributed by atoms with van der Waals surface area (Å²) >= 11 is 5.99. The van der Waals surface area contributed by atoms with Gasteiger partial charge in [-0.1, -0.05) is 35.9 Å². The van der Waals surface area contributed by atoms with Crippen molar-refractivity contribution in [2.75, 3.05) is 0 Å². The number of hydrogen-bond acceptors (Lipinski definition) is 2. The first-order valence-corrected chi connectivity index (χ1v) is 5.66. The monoisotopic (exact) mass is 259 g/mol. The molecule has 0 spiro atoms. The smallest absolute Gasteiger partial charge is 0.335 e. The molecule has 4 heteroatoms. The molecule has 2 aromatic carbocycles. The van der Waals surface area contributed by atoms with Crippen LogP contribution in [0, 0.1) is 0 Å². The third-order valence-corrected chi connectivity index (χ3v) is 2.70. The standard InChI is InChI=1S/C14H10ClNO2/c15-13-7-2-1-4-11(13)9-16-12-6-3-5-10(8-12)14(17)18/h1-9H,(H,17,18). The number of carbonyl (C=O) groups is 1. The highest BCUT2D eigenvalue weighted by Crippen LogP contribution is 2.17. The van der Waals surface area contributed by atoms with Crippen LogP contribution in [0.15, 0.2) is 53.5 Å². The summed E-state index contributed by atoms with van der Waals surface area (Å²) in [6, 6.07) is 13.7. The average molecular weight is 260 g/mol. The van der Waals surface area contributed by atoms with E-state index in [4.69, 9.17) is 16.7 Å². The fraction of sp³-hybridized carbons (Fsp3) is 0. The van der Waals surface area contributed by atoms with Gasteiger partial charge in [-0.25, -0.2) is 4.79 Å². The first kappa shape index (κ1) is 12.3. The van der Waals surface area contributed by atoms with Gasteiger partial charge < -0.3 is 5.11 Å². The highest BCUT2D eigenvalue weighted by atomic mass is 35.5. The van der Waals surface area contributed by atoms with Crippen molar-refractivity contribution in [3.8, 4) is 0 Å². The zero-order chi connectivity index (χ0) is 13.0. The van der Waals surface area contributed by atoms with Crippen LogP contribution >= 0.6 is 11.6 Å². The van der Waals surface area contributed by atoms with Gasteiger partial charge in [-0.05, 0) is 24.3 Å². The van der Waals surface area contributed by atoms with E-state index in [0.29, 0.717) is 10.7 Å². The van der Waals surface area contributed by atoms with E-state index in [1.54, 1.807) is 24.4 Å². The average Bonchev–Trinajstić information content (AvgIpc) is 2.38. The molecule has 0 aliphatic rings. The van der Waals surface area contributed by atoms with Gasteiger partial charge in [0.25, 0.3) is 0 Å². The van der Waals surface area contributed by atoms with Crippen molar-refractivity contribution in [3.05, 3.63) is 64.7 Å². The van der Waals surface area contributed by atoms with Crippen LogP contribution in [-0.4, -0.2) is 17.3 Å². The molecule has 0 unspecified atom stereocenters. The van der Waals surface area contributed by atoms with Crippen LogP contribution in [0.1, 0.15) is 15.9 Å². The lowest BCUT2D eigenvalue weighted by Crippen LogP contribution is -1.94. The summed E-state index contributed by atoms with van der Waals surface area (Å²) in [6.45, 7) is 0. The maximum Gasteiger partial charge on any atom is 0.335 e. The molecule has 2 rings (SSSR count). The number of rotatable bonds is 3. The van der Waals surface area contributed by atoms with Gasteiger partial charge in [0.1, 0.15) is 0 Å². The van der Waals surface area contributed by atoms with Crippen LogP contribution in [0.2, 0.25) is 5.02 Å². The molecule has 0 aliphatic heterocycles. The molecule has 0 atom stereocenters. The molecule has 18 heavy (non-hydrogen) atoms. The summed E-state index contributed by atoms with van der Waals surface area (Å²) in [4.78, 5) is 15.0. The molecule has 0 amide bonds. The second-order valence-electron chi connectivity index (χ2n) is 3.64. The zero-order valence-corrected chi connectivity index (χ0v) is 10.1. The number of benzene rings is 2. The number of carboxylic acid groups (broad SMARTS) is 1. The van der Waals surface area contributed by atoms with Crippen molar-refractivity contribution in [2.45, 2.75) is 0 Å². The van der Waals surface area contributed by atoms with Gasteiger partial charge in [-0.2, -0.15) is 0 Å².